The van der Waals surface area contributed by atoms with Crippen LogP contribution in [0.3, 0.4) is 0 Å². The van der Waals surface area contributed by atoms with Gasteiger partial charge in [0.05, 0.1) is 0 Å². The van der Waals surface area contributed by atoms with E-state index in [2.05, 4.69) is 13.8 Å². The smallest absolute Gasteiger partial charge is 0.339 e. The molecule has 0 aliphatic heterocycles. The molecule has 0 aliphatic rings. The molecule has 42 heavy (non-hydrogen) atoms. The number of carboxylic acids is 1. The van der Waals surface area contributed by atoms with Crippen LogP contribution in [0.4, 0.5) is 0 Å². The van der Waals surface area contributed by atoms with Gasteiger partial charge in [-0.05, 0) is 42.9 Å². The summed E-state index contributed by atoms with van der Waals surface area (Å²) in [5, 5.41) is 20.3. The number of aromatic hydroxyl groups is 1. The maximum absolute atomic E-state index is 11.6. The van der Waals surface area contributed by atoms with Crippen molar-refractivity contribution in [2.24, 2.45) is 0 Å². The van der Waals surface area contributed by atoms with E-state index < -0.39 is 5.97 Å². The largest absolute Gasteiger partial charge is 0.507 e. The van der Waals surface area contributed by atoms with Gasteiger partial charge >= 0.3 is 5.97 Å². The van der Waals surface area contributed by atoms with Gasteiger partial charge in [-0.25, -0.2) is 4.79 Å². The van der Waals surface area contributed by atoms with Gasteiger partial charge in [0.1, 0.15) is 11.3 Å². The lowest BCUT2D eigenvalue weighted by Gasteiger charge is -2.14. The first kappa shape index (κ1) is 38.5. The van der Waals surface area contributed by atoms with Crippen LogP contribution in [0.2, 0.25) is 0 Å². The molecule has 0 heterocycles. The molecular weight excluding hydrogens is 516 g/mol. The molecule has 1 aromatic rings. The predicted octanol–water partition coefficient (Wildman–Crippen LogP) is 13.1. The van der Waals surface area contributed by atoms with E-state index in [1.54, 1.807) is 6.07 Å². The summed E-state index contributed by atoms with van der Waals surface area (Å²) < 4.78 is 0. The molecular formula is C39H70O3. The maximum Gasteiger partial charge on any atom is 0.339 e. The lowest BCUT2D eigenvalue weighted by molar-refractivity contribution is 0.0693. The van der Waals surface area contributed by atoms with Crippen molar-refractivity contribution in [3.05, 3.63) is 28.8 Å². The second-order valence-electron chi connectivity index (χ2n) is 13.1. The fraction of sp³-hybridized carbons (Fsp3) is 0.821. The Morgan fingerprint density at radius 3 is 1.12 bits per heavy atom. The van der Waals surface area contributed by atoms with Crippen LogP contribution in [0.15, 0.2) is 12.1 Å². The molecule has 244 valence electrons. The zero-order chi connectivity index (χ0) is 30.5. The van der Waals surface area contributed by atoms with Crippen LogP contribution in [0.25, 0.3) is 0 Å². The van der Waals surface area contributed by atoms with Crippen molar-refractivity contribution in [1.29, 1.82) is 0 Å². The molecule has 0 aliphatic carbocycles. The Labute approximate surface area is 261 Å². The highest BCUT2D eigenvalue weighted by atomic mass is 16.4. The van der Waals surface area contributed by atoms with Gasteiger partial charge in [-0.3, -0.25) is 0 Å². The van der Waals surface area contributed by atoms with Crippen molar-refractivity contribution in [3.8, 4) is 5.75 Å². The fourth-order valence-electron chi connectivity index (χ4n) is 6.37. The Balaban J connectivity index is 2.19. The first-order chi connectivity index (χ1) is 20.6. The van der Waals surface area contributed by atoms with Crippen molar-refractivity contribution >= 4 is 5.97 Å². The highest BCUT2D eigenvalue weighted by Gasteiger charge is 2.16. The molecule has 0 radical (unpaired) electrons. The van der Waals surface area contributed by atoms with Gasteiger partial charge in [0.25, 0.3) is 0 Å². The molecule has 0 amide bonds. The summed E-state index contributed by atoms with van der Waals surface area (Å²) in [5.74, 6) is -1.02. The van der Waals surface area contributed by atoms with E-state index in [-0.39, 0.29) is 11.3 Å². The average Bonchev–Trinajstić information content (AvgIpc) is 2.98. The molecule has 3 nitrogen and oxygen atoms in total. The third kappa shape index (κ3) is 20.4. The predicted molar refractivity (Wildman–Crippen MR) is 183 cm³/mol. The Kier molecular flexibility index (Phi) is 25.9. The molecule has 0 bridgehead atoms. The van der Waals surface area contributed by atoms with Crippen LogP contribution in [-0.4, -0.2) is 16.2 Å². The van der Waals surface area contributed by atoms with E-state index in [4.69, 9.17) is 0 Å². The lowest BCUT2D eigenvalue weighted by Crippen LogP contribution is -2.03. The van der Waals surface area contributed by atoms with Gasteiger partial charge < -0.3 is 10.2 Å². The Morgan fingerprint density at radius 1 is 0.476 bits per heavy atom. The van der Waals surface area contributed by atoms with E-state index in [0.29, 0.717) is 0 Å². The summed E-state index contributed by atoms with van der Waals surface area (Å²) in [6, 6.07) is 3.57. The molecule has 0 unspecified atom stereocenters. The quantitative estimate of drug-likeness (QED) is 0.0851. The summed E-state index contributed by atoms with van der Waals surface area (Å²) >= 11 is 0. The van der Waals surface area contributed by atoms with Gasteiger partial charge in [0, 0.05) is 0 Å². The molecule has 0 saturated heterocycles. The standard InChI is InChI=1S/C39H70O3/c1-3-5-7-9-11-13-15-17-19-21-23-25-27-29-31-35-33-34-37(39(41)42)38(40)36(35)32-30-28-26-24-22-20-18-16-14-12-10-8-6-4-2/h33-34,40H,3-32H2,1-2H3,(H,41,42). The number of hydrogen-bond donors (Lipinski definition) is 2. The number of carboxylic acid groups (broad SMARTS) is 1. The van der Waals surface area contributed by atoms with Gasteiger partial charge in [0.2, 0.25) is 0 Å². The number of phenols is 1. The summed E-state index contributed by atoms with van der Waals surface area (Å²) in [7, 11) is 0. The number of aryl methyl sites for hydroxylation is 1. The van der Waals surface area contributed by atoms with Crippen LogP contribution in [-0.2, 0) is 12.8 Å². The summed E-state index contributed by atoms with van der Waals surface area (Å²) in [4.78, 5) is 11.6. The molecule has 0 atom stereocenters. The van der Waals surface area contributed by atoms with E-state index in [1.165, 1.54) is 161 Å². The Hall–Kier alpha value is -1.51. The Bertz CT molecular complexity index is 756. The van der Waals surface area contributed by atoms with Gasteiger partial charge in [0.15, 0.2) is 0 Å². The number of carbonyl (C=O) groups is 1. The topological polar surface area (TPSA) is 57.5 Å². The molecule has 1 aromatic carbocycles. The van der Waals surface area contributed by atoms with Crippen LogP contribution in [0, 0.1) is 0 Å². The molecule has 3 heteroatoms. The van der Waals surface area contributed by atoms with Crippen LogP contribution >= 0.6 is 0 Å². The molecule has 2 N–H and O–H groups in total. The number of rotatable bonds is 31. The van der Waals surface area contributed by atoms with Crippen molar-refractivity contribution in [3.63, 3.8) is 0 Å². The highest BCUT2D eigenvalue weighted by molar-refractivity contribution is 5.91. The number of aromatic carboxylic acids is 1. The summed E-state index contributed by atoms with van der Waals surface area (Å²) in [6.45, 7) is 4.56. The van der Waals surface area contributed by atoms with Crippen LogP contribution in [0.5, 0.6) is 5.75 Å². The lowest BCUT2D eigenvalue weighted by atomic mass is 9.93. The first-order valence-electron chi connectivity index (χ1n) is 18.7. The van der Waals surface area contributed by atoms with E-state index in [9.17, 15) is 15.0 Å². The summed E-state index contributed by atoms with van der Waals surface area (Å²) in [6.07, 6.45) is 39.2. The molecule has 0 spiro atoms. The van der Waals surface area contributed by atoms with Crippen molar-refractivity contribution in [2.75, 3.05) is 0 Å². The van der Waals surface area contributed by atoms with E-state index in [1.807, 2.05) is 6.07 Å². The minimum atomic E-state index is -1.03. The number of benzene rings is 1. The monoisotopic (exact) mass is 587 g/mol. The fourth-order valence-corrected chi connectivity index (χ4v) is 6.37. The summed E-state index contributed by atoms with van der Waals surface area (Å²) in [5.41, 5.74) is 2.11. The second-order valence-corrected chi connectivity index (χ2v) is 13.1. The second kappa shape index (κ2) is 28.3. The zero-order valence-electron chi connectivity index (χ0n) is 28.2. The molecule has 0 saturated carbocycles. The van der Waals surface area contributed by atoms with Crippen molar-refractivity contribution in [2.45, 2.75) is 206 Å². The normalized spacial score (nSPS) is 11.4. The third-order valence-corrected chi connectivity index (χ3v) is 9.19. The van der Waals surface area contributed by atoms with Gasteiger partial charge in [-0.15, -0.1) is 0 Å². The SMILES string of the molecule is CCCCCCCCCCCCCCCCc1ccc(C(=O)O)c(O)c1CCCCCCCCCCCCCCCC. The van der Waals surface area contributed by atoms with Crippen molar-refractivity contribution < 1.29 is 15.0 Å². The Morgan fingerprint density at radius 2 is 0.786 bits per heavy atom. The van der Waals surface area contributed by atoms with E-state index in [0.717, 1.165) is 43.2 Å². The third-order valence-electron chi connectivity index (χ3n) is 9.19. The van der Waals surface area contributed by atoms with Gasteiger partial charge in [-0.1, -0.05) is 187 Å². The van der Waals surface area contributed by atoms with Gasteiger partial charge in [-0.2, -0.15) is 0 Å². The number of hydrogen-bond acceptors (Lipinski definition) is 2. The average molecular weight is 587 g/mol. The first-order valence-corrected chi connectivity index (χ1v) is 18.7. The maximum atomic E-state index is 11.6. The zero-order valence-corrected chi connectivity index (χ0v) is 28.2. The highest BCUT2D eigenvalue weighted by Crippen LogP contribution is 2.30. The van der Waals surface area contributed by atoms with Crippen LogP contribution in [0.1, 0.15) is 215 Å². The minimum Gasteiger partial charge on any atom is -0.507 e. The minimum absolute atomic E-state index is 0.0139. The molecule has 1 rings (SSSR count). The molecule has 0 fully saturated rings. The number of unbranched alkanes of at least 4 members (excludes halogenated alkanes) is 26. The van der Waals surface area contributed by atoms with E-state index >= 15 is 0 Å². The molecule has 0 aromatic heterocycles. The van der Waals surface area contributed by atoms with Crippen LogP contribution < -0.4 is 0 Å². The van der Waals surface area contributed by atoms with Crippen molar-refractivity contribution in [1.82, 2.24) is 0 Å².